The van der Waals surface area contributed by atoms with Gasteiger partial charge in [0.1, 0.15) is 5.52 Å². The first kappa shape index (κ1) is 15.3. The van der Waals surface area contributed by atoms with Gasteiger partial charge in [0.25, 0.3) is 5.91 Å². The van der Waals surface area contributed by atoms with Gasteiger partial charge >= 0.3 is 0 Å². The van der Waals surface area contributed by atoms with Crippen molar-refractivity contribution in [3.63, 3.8) is 0 Å². The van der Waals surface area contributed by atoms with E-state index in [9.17, 15) is 4.79 Å². The molecule has 2 unspecified atom stereocenters. The first-order valence-corrected chi connectivity index (χ1v) is 8.74. The van der Waals surface area contributed by atoms with E-state index in [4.69, 9.17) is 4.52 Å². The molecule has 6 nitrogen and oxygen atoms in total. The standard InChI is InChI=1S/C17H18N4O2S/c1-21(10-11-9-14(19-18-11)15-7-4-8-24-15)17(22)16-12-5-2-3-6-13(12)20-23-16/h2-8,11,14,18-19H,9-10H2,1H3. The van der Waals surface area contributed by atoms with E-state index in [0.717, 1.165) is 11.8 Å². The van der Waals surface area contributed by atoms with E-state index in [1.807, 2.05) is 24.3 Å². The highest BCUT2D eigenvalue weighted by Crippen LogP contribution is 2.26. The lowest BCUT2D eigenvalue weighted by Crippen LogP contribution is -2.41. The number of likely N-dealkylation sites (N-methyl/N-ethyl adjacent to an activating group) is 1. The van der Waals surface area contributed by atoms with Gasteiger partial charge in [-0.05, 0) is 30.0 Å². The van der Waals surface area contributed by atoms with Gasteiger partial charge in [-0.1, -0.05) is 23.4 Å². The van der Waals surface area contributed by atoms with Crippen LogP contribution in [-0.4, -0.2) is 35.6 Å². The van der Waals surface area contributed by atoms with E-state index in [-0.39, 0.29) is 11.9 Å². The molecule has 0 aliphatic carbocycles. The smallest absolute Gasteiger partial charge is 0.292 e. The van der Waals surface area contributed by atoms with Crippen LogP contribution in [0.1, 0.15) is 27.9 Å². The Morgan fingerprint density at radius 3 is 3.04 bits per heavy atom. The summed E-state index contributed by atoms with van der Waals surface area (Å²) in [6, 6.07) is 12.1. The highest BCUT2D eigenvalue weighted by molar-refractivity contribution is 7.10. The van der Waals surface area contributed by atoms with E-state index in [1.165, 1.54) is 4.88 Å². The first-order valence-electron chi connectivity index (χ1n) is 7.86. The molecule has 2 aromatic heterocycles. The Hall–Kier alpha value is -2.22. The average molecular weight is 342 g/mol. The lowest BCUT2D eigenvalue weighted by Gasteiger charge is -2.19. The van der Waals surface area contributed by atoms with Crippen LogP contribution in [0.2, 0.25) is 0 Å². The number of thiophene rings is 1. The molecule has 1 amide bonds. The fraction of sp³-hybridized carbons (Fsp3) is 0.294. The quantitative estimate of drug-likeness (QED) is 0.762. The Morgan fingerprint density at radius 2 is 2.21 bits per heavy atom. The zero-order valence-corrected chi connectivity index (χ0v) is 14.0. The zero-order chi connectivity index (χ0) is 16.5. The van der Waals surface area contributed by atoms with Crippen molar-refractivity contribution in [3.8, 4) is 0 Å². The van der Waals surface area contributed by atoms with Crippen LogP contribution in [0.15, 0.2) is 46.3 Å². The summed E-state index contributed by atoms with van der Waals surface area (Å²) in [5.41, 5.74) is 7.29. The van der Waals surface area contributed by atoms with E-state index < -0.39 is 0 Å². The van der Waals surface area contributed by atoms with Gasteiger partial charge in [-0.25, -0.2) is 5.43 Å². The number of aromatic nitrogens is 1. The van der Waals surface area contributed by atoms with Crippen LogP contribution in [-0.2, 0) is 0 Å². The number of amides is 1. The van der Waals surface area contributed by atoms with Crippen LogP contribution in [0.25, 0.3) is 10.9 Å². The normalized spacial score (nSPS) is 20.5. The van der Waals surface area contributed by atoms with Crippen molar-refractivity contribution in [3.05, 3.63) is 52.4 Å². The summed E-state index contributed by atoms with van der Waals surface area (Å²) in [5, 5.41) is 6.78. The maximum atomic E-state index is 12.7. The molecule has 0 radical (unpaired) electrons. The zero-order valence-electron chi connectivity index (χ0n) is 13.2. The van der Waals surface area contributed by atoms with Crippen LogP contribution in [0.3, 0.4) is 0 Å². The first-order chi connectivity index (χ1) is 11.7. The molecule has 2 atom stereocenters. The number of nitrogens with one attached hydrogen (secondary N) is 2. The second-order valence-corrected chi connectivity index (χ2v) is 6.98. The molecular weight excluding hydrogens is 324 g/mol. The lowest BCUT2D eigenvalue weighted by molar-refractivity contribution is 0.0744. The number of hydrogen-bond donors (Lipinski definition) is 2. The topological polar surface area (TPSA) is 70.4 Å². The van der Waals surface area contributed by atoms with Crippen molar-refractivity contribution in [2.45, 2.75) is 18.5 Å². The molecule has 0 bridgehead atoms. The SMILES string of the molecule is CN(CC1CC(c2cccs2)NN1)C(=O)c1onc2ccccc12. The third-order valence-corrected chi connectivity index (χ3v) is 5.27. The Balaban J connectivity index is 1.43. The van der Waals surface area contributed by atoms with Gasteiger partial charge in [-0.15, -0.1) is 11.3 Å². The van der Waals surface area contributed by atoms with E-state index in [2.05, 4.69) is 33.5 Å². The molecule has 3 heterocycles. The monoisotopic (exact) mass is 342 g/mol. The Bertz CT molecular complexity index is 845. The Kier molecular flexibility index (Phi) is 4.05. The van der Waals surface area contributed by atoms with Gasteiger partial charge < -0.3 is 9.42 Å². The minimum absolute atomic E-state index is 0.148. The molecule has 1 aliphatic rings. The Morgan fingerprint density at radius 1 is 1.33 bits per heavy atom. The summed E-state index contributed by atoms with van der Waals surface area (Å²) in [5.74, 6) is 0.152. The summed E-state index contributed by atoms with van der Waals surface area (Å²) < 4.78 is 5.27. The highest BCUT2D eigenvalue weighted by Gasteiger charge is 2.29. The predicted molar refractivity (Wildman–Crippen MR) is 92.7 cm³/mol. The van der Waals surface area contributed by atoms with Crippen molar-refractivity contribution >= 4 is 28.1 Å². The fourth-order valence-electron chi connectivity index (χ4n) is 3.05. The van der Waals surface area contributed by atoms with Crippen LogP contribution in [0, 0.1) is 0 Å². The molecular formula is C17H18N4O2S. The summed E-state index contributed by atoms with van der Waals surface area (Å²) in [6.45, 7) is 0.600. The molecule has 7 heteroatoms. The predicted octanol–water partition coefficient (Wildman–Crippen LogP) is 2.57. The largest absolute Gasteiger partial charge is 0.350 e. The van der Waals surface area contributed by atoms with Crippen molar-refractivity contribution in [1.82, 2.24) is 20.9 Å². The van der Waals surface area contributed by atoms with E-state index in [1.54, 1.807) is 23.3 Å². The second kappa shape index (κ2) is 6.35. The molecule has 4 rings (SSSR count). The number of carbonyl (C=O) groups excluding carboxylic acids is 1. The maximum Gasteiger partial charge on any atom is 0.292 e. The van der Waals surface area contributed by atoms with E-state index in [0.29, 0.717) is 23.9 Å². The molecule has 1 aromatic carbocycles. The number of fused-ring (bicyclic) bond motifs is 1. The molecule has 3 aromatic rings. The number of rotatable bonds is 4. The third-order valence-electron chi connectivity index (χ3n) is 4.29. The molecule has 2 N–H and O–H groups in total. The number of hydrazine groups is 1. The minimum atomic E-state index is -0.148. The third kappa shape index (κ3) is 2.82. The molecule has 0 spiro atoms. The Labute approximate surface area is 143 Å². The van der Waals surface area contributed by atoms with Gasteiger partial charge in [-0.2, -0.15) is 0 Å². The summed E-state index contributed by atoms with van der Waals surface area (Å²) in [7, 11) is 1.79. The summed E-state index contributed by atoms with van der Waals surface area (Å²) in [6.07, 6.45) is 0.940. The van der Waals surface area contributed by atoms with Crippen LogP contribution >= 0.6 is 11.3 Å². The second-order valence-electron chi connectivity index (χ2n) is 6.00. The number of nitrogens with zero attached hydrogens (tertiary/aromatic N) is 2. The lowest BCUT2D eigenvalue weighted by atomic mass is 10.1. The van der Waals surface area contributed by atoms with Crippen LogP contribution in [0.5, 0.6) is 0 Å². The highest BCUT2D eigenvalue weighted by atomic mass is 32.1. The van der Waals surface area contributed by atoms with Gasteiger partial charge in [0.05, 0.1) is 11.4 Å². The van der Waals surface area contributed by atoms with Gasteiger partial charge in [0.15, 0.2) is 0 Å². The average Bonchev–Trinajstić information content (AvgIpc) is 3.33. The van der Waals surface area contributed by atoms with E-state index >= 15 is 0 Å². The number of carbonyl (C=O) groups is 1. The van der Waals surface area contributed by atoms with Gasteiger partial charge in [-0.3, -0.25) is 10.2 Å². The van der Waals surface area contributed by atoms with Crippen LogP contribution < -0.4 is 10.9 Å². The molecule has 124 valence electrons. The van der Waals surface area contributed by atoms with Crippen LogP contribution in [0.4, 0.5) is 0 Å². The summed E-state index contributed by atoms with van der Waals surface area (Å²) >= 11 is 1.74. The number of benzene rings is 1. The van der Waals surface area contributed by atoms with Gasteiger partial charge in [0, 0.05) is 24.5 Å². The maximum absolute atomic E-state index is 12.7. The van der Waals surface area contributed by atoms with Crippen molar-refractivity contribution in [2.24, 2.45) is 0 Å². The molecule has 24 heavy (non-hydrogen) atoms. The summed E-state index contributed by atoms with van der Waals surface area (Å²) in [4.78, 5) is 15.7. The molecule has 1 saturated heterocycles. The number of hydrogen-bond acceptors (Lipinski definition) is 6. The molecule has 0 saturated carbocycles. The van der Waals surface area contributed by atoms with Gasteiger partial charge in [0.2, 0.25) is 5.76 Å². The van der Waals surface area contributed by atoms with Crippen molar-refractivity contribution in [2.75, 3.05) is 13.6 Å². The van der Waals surface area contributed by atoms with Crippen molar-refractivity contribution in [1.29, 1.82) is 0 Å². The minimum Gasteiger partial charge on any atom is -0.350 e. The van der Waals surface area contributed by atoms with Crippen molar-refractivity contribution < 1.29 is 9.32 Å². The molecule has 1 aliphatic heterocycles. The fourth-order valence-corrected chi connectivity index (χ4v) is 3.84. The molecule has 1 fully saturated rings.